The topological polar surface area (TPSA) is 179 Å². The molecule has 316 valence electrons. The molecule has 1 saturated carbocycles. The molecule has 0 aromatic rings. The van der Waals surface area contributed by atoms with Crippen LogP contribution in [0.4, 0.5) is 0 Å². The molecule has 0 radical (unpaired) electrons. The van der Waals surface area contributed by atoms with Gasteiger partial charge in [0.25, 0.3) is 0 Å². The Kier molecular flexibility index (Phi) is 11.7. The number of carbonyl (C=O) groups excluding carboxylic acids is 1. The third-order valence-corrected chi connectivity index (χ3v) is 14.2. The van der Waals surface area contributed by atoms with Crippen molar-refractivity contribution < 1.29 is 72.2 Å². The van der Waals surface area contributed by atoms with Crippen LogP contribution in [-0.4, -0.2) is 140 Å². The first kappa shape index (κ1) is 41.0. The predicted molar refractivity (Wildman–Crippen MR) is 194 cm³/mol. The summed E-state index contributed by atoms with van der Waals surface area (Å²) in [7, 11) is 3.16. The maximum Gasteiger partial charge on any atom is 0.309 e. The fourth-order valence-corrected chi connectivity index (χ4v) is 11.1. The van der Waals surface area contributed by atoms with Gasteiger partial charge < -0.3 is 67.4 Å². The van der Waals surface area contributed by atoms with Crippen molar-refractivity contribution in [1.29, 1.82) is 0 Å². The van der Waals surface area contributed by atoms with Crippen molar-refractivity contribution in [2.45, 2.75) is 184 Å². The molecule has 56 heavy (non-hydrogen) atoms. The second-order valence-electron chi connectivity index (χ2n) is 17.7. The minimum Gasteiger partial charge on any atom is -0.469 e. The summed E-state index contributed by atoms with van der Waals surface area (Å²) >= 11 is 0. The molecule has 8 rings (SSSR count). The van der Waals surface area contributed by atoms with Crippen molar-refractivity contribution in [3.8, 4) is 0 Å². The van der Waals surface area contributed by atoms with Crippen LogP contribution in [0.5, 0.6) is 0 Å². The van der Waals surface area contributed by atoms with Gasteiger partial charge in [-0.25, -0.2) is 0 Å². The predicted octanol–water partition coefficient (Wildman–Crippen LogP) is 3.00. The first-order valence-electron chi connectivity index (χ1n) is 20.6. The molecule has 15 heteroatoms. The zero-order valence-corrected chi connectivity index (χ0v) is 33.7. The van der Waals surface area contributed by atoms with Crippen LogP contribution in [0.2, 0.25) is 0 Å². The molecular formula is C41H62O15. The van der Waals surface area contributed by atoms with Crippen molar-refractivity contribution in [3.05, 3.63) is 23.5 Å². The van der Waals surface area contributed by atoms with Crippen molar-refractivity contribution in [1.82, 2.24) is 0 Å². The number of rotatable bonds is 8. The summed E-state index contributed by atoms with van der Waals surface area (Å²) in [5, 5.41) is 33.2. The average Bonchev–Trinajstić information content (AvgIpc) is 3.67. The molecule has 0 spiro atoms. The first-order valence-corrected chi connectivity index (χ1v) is 20.6. The molecule has 6 aliphatic heterocycles. The van der Waals surface area contributed by atoms with E-state index in [1.807, 2.05) is 20.8 Å². The molecule has 15 nitrogen and oxygen atoms in total. The van der Waals surface area contributed by atoms with Crippen LogP contribution in [0.25, 0.3) is 0 Å². The highest BCUT2D eigenvalue weighted by Gasteiger charge is 2.59. The summed E-state index contributed by atoms with van der Waals surface area (Å²) in [5.74, 6) is -1.40. The Morgan fingerprint density at radius 1 is 0.804 bits per heavy atom. The zero-order chi connectivity index (χ0) is 39.7. The fraction of sp³-hybridized carbons (Fsp3) is 0.878. The van der Waals surface area contributed by atoms with Gasteiger partial charge in [-0.3, -0.25) is 4.79 Å². The van der Waals surface area contributed by atoms with Crippen LogP contribution in [0, 0.1) is 23.2 Å². The van der Waals surface area contributed by atoms with Gasteiger partial charge in [-0.2, -0.15) is 0 Å². The van der Waals surface area contributed by atoms with Gasteiger partial charge in [0.1, 0.15) is 24.4 Å². The number of allylic oxidation sites excluding steroid dienone is 1. The highest BCUT2D eigenvalue weighted by atomic mass is 16.7. The molecule has 6 heterocycles. The van der Waals surface area contributed by atoms with Crippen LogP contribution in [0.3, 0.4) is 0 Å². The van der Waals surface area contributed by atoms with Gasteiger partial charge in [-0.15, -0.1) is 0 Å². The normalized spacial score (nSPS) is 51.9. The number of aliphatic hydroxyl groups excluding tert-OH is 3. The molecule has 6 fully saturated rings. The van der Waals surface area contributed by atoms with E-state index >= 15 is 0 Å². The number of ether oxygens (including phenoxy) is 11. The van der Waals surface area contributed by atoms with E-state index in [4.69, 9.17) is 52.1 Å². The molecule has 0 bridgehead atoms. The Morgan fingerprint density at radius 2 is 1.46 bits per heavy atom. The molecule has 8 aliphatic rings. The van der Waals surface area contributed by atoms with Crippen molar-refractivity contribution in [2.75, 3.05) is 20.8 Å². The lowest BCUT2D eigenvalue weighted by Gasteiger charge is -2.52. The number of hydrogen-bond acceptors (Lipinski definition) is 15. The lowest BCUT2D eigenvalue weighted by molar-refractivity contribution is -0.338. The van der Waals surface area contributed by atoms with Gasteiger partial charge in [0.15, 0.2) is 18.9 Å². The SMILES string of the molecule is CO[C@@H]1C[C@H](O[C@H]2[C@@H](O)C[C@H](O[C@H]3[C@H](C)O[C@H](O[C@@H]4CC5=CC[C@H]6C(=O)O[C@@H]7CO[C@]8(C)OC=C(CC[C@@H]6[C@@]5(C)C[C@H]4O)[C@H]78)C[C@H]3OC)O[C@@H]2C)O[C@@H](C)[C@@H]1O. The lowest BCUT2D eigenvalue weighted by atomic mass is 9.55. The number of methoxy groups -OCH3 is 2. The Morgan fingerprint density at radius 3 is 2.20 bits per heavy atom. The summed E-state index contributed by atoms with van der Waals surface area (Å²) in [6.45, 7) is 9.89. The maximum absolute atomic E-state index is 13.7. The Bertz CT molecular complexity index is 1480. The van der Waals surface area contributed by atoms with Crippen LogP contribution >= 0.6 is 0 Å². The molecule has 3 N–H and O–H groups in total. The number of aliphatic hydroxyl groups is 3. The van der Waals surface area contributed by atoms with E-state index in [0.717, 1.165) is 18.4 Å². The van der Waals surface area contributed by atoms with Crippen LogP contribution in [0.1, 0.15) is 86.0 Å². The maximum atomic E-state index is 13.7. The van der Waals surface area contributed by atoms with Gasteiger partial charge in [0.2, 0.25) is 5.79 Å². The van der Waals surface area contributed by atoms with E-state index in [1.165, 1.54) is 5.57 Å². The van der Waals surface area contributed by atoms with Gasteiger partial charge in [0, 0.05) is 40.4 Å². The molecule has 0 aromatic carbocycles. The third kappa shape index (κ3) is 7.51. The molecular weight excluding hydrogens is 732 g/mol. The zero-order valence-electron chi connectivity index (χ0n) is 33.7. The Labute approximate surface area is 329 Å². The third-order valence-electron chi connectivity index (χ3n) is 14.2. The Hall–Kier alpha value is -1.73. The summed E-state index contributed by atoms with van der Waals surface area (Å²) in [6, 6.07) is 0. The second-order valence-corrected chi connectivity index (χ2v) is 17.7. The molecule has 5 saturated heterocycles. The van der Waals surface area contributed by atoms with Crippen LogP contribution in [-0.2, 0) is 56.9 Å². The molecule has 0 amide bonds. The van der Waals surface area contributed by atoms with E-state index in [1.54, 1.807) is 27.4 Å². The second kappa shape index (κ2) is 16.0. The summed E-state index contributed by atoms with van der Waals surface area (Å²) < 4.78 is 66.9. The van der Waals surface area contributed by atoms with E-state index in [-0.39, 0.29) is 36.2 Å². The lowest BCUT2D eigenvalue weighted by Crippen LogP contribution is -2.57. The molecule has 2 aliphatic carbocycles. The minimum atomic E-state index is -0.897. The van der Waals surface area contributed by atoms with Crippen molar-refractivity contribution in [3.63, 3.8) is 0 Å². The molecule has 0 aromatic heterocycles. The summed E-state index contributed by atoms with van der Waals surface area (Å²) in [4.78, 5) is 13.7. The Balaban J connectivity index is 0.868. The monoisotopic (exact) mass is 794 g/mol. The van der Waals surface area contributed by atoms with Crippen LogP contribution < -0.4 is 0 Å². The highest BCUT2D eigenvalue weighted by Crippen LogP contribution is 2.57. The van der Waals surface area contributed by atoms with Gasteiger partial charge in [0.05, 0.1) is 73.5 Å². The highest BCUT2D eigenvalue weighted by molar-refractivity contribution is 5.74. The smallest absolute Gasteiger partial charge is 0.309 e. The van der Waals surface area contributed by atoms with Crippen molar-refractivity contribution >= 4 is 5.97 Å². The van der Waals surface area contributed by atoms with Gasteiger partial charge >= 0.3 is 5.97 Å². The number of fused-ring (bicyclic) bond motifs is 3. The van der Waals surface area contributed by atoms with E-state index in [9.17, 15) is 20.1 Å². The summed E-state index contributed by atoms with van der Waals surface area (Å²) in [5.41, 5.74) is 1.92. The summed E-state index contributed by atoms with van der Waals surface area (Å²) in [6.07, 6.45) is -0.916. The largest absolute Gasteiger partial charge is 0.469 e. The fourth-order valence-electron chi connectivity index (χ4n) is 11.1. The van der Waals surface area contributed by atoms with E-state index in [2.05, 4.69) is 13.0 Å². The number of hydrogen-bond donors (Lipinski definition) is 3. The standard InChI is InChI=1S/C41H62O15/c1-19-36(44)29(46-6)14-34(50-19)55-37-20(2)51-32(13-26(37)42)56-38-21(3)52-33(15-30(38)47-7)53-28-12-23-9-10-24-25(40(23,4)16-27(28)43)11-8-22-17-48-41(5)35(22)31(18-49-41)54-39(24)45/h9,17,19-21,24-38,42-44H,8,10-16,18H2,1-7H3/t19-,20+,21-,24+,25-,26-,27+,28+,29+,30+,31+,32-,33+,34-,35+,36-,37+,38-,40-,41-/m0/s1. The van der Waals surface area contributed by atoms with E-state index in [0.29, 0.717) is 38.7 Å². The van der Waals surface area contributed by atoms with E-state index < -0.39 is 97.2 Å². The van der Waals surface area contributed by atoms with Gasteiger partial charge in [-0.05, 0) is 69.8 Å². The van der Waals surface area contributed by atoms with Gasteiger partial charge in [-0.1, -0.05) is 18.6 Å². The number of carbonyl (C=O) groups is 1. The molecule has 0 unspecified atom stereocenters. The minimum absolute atomic E-state index is 0.00811. The van der Waals surface area contributed by atoms with Crippen LogP contribution in [0.15, 0.2) is 23.5 Å². The number of esters is 1. The quantitative estimate of drug-likeness (QED) is 0.241. The van der Waals surface area contributed by atoms with Crippen molar-refractivity contribution in [2.24, 2.45) is 23.2 Å². The average molecular weight is 795 g/mol. The first-order chi connectivity index (χ1) is 26.7. The molecule has 20 atom stereocenters.